The summed E-state index contributed by atoms with van der Waals surface area (Å²) < 4.78 is 18.6. The molecule has 1 atom stereocenters. The van der Waals surface area contributed by atoms with Crippen LogP contribution in [0.2, 0.25) is 0 Å². The Morgan fingerprint density at radius 2 is 2.00 bits per heavy atom. The molecule has 1 saturated heterocycles. The lowest BCUT2D eigenvalue weighted by Crippen LogP contribution is -2.32. The van der Waals surface area contributed by atoms with E-state index in [0.717, 1.165) is 13.1 Å². The number of ether oxygens (including phenoxy) is 1. The fourth-order valence-corrected chi connectivity index (χ4v) is 2.24. The number of nitrogens with zero attached hydrogens (tertiary/aromatic N) is 1. The Labute approximate surface area is 107 Å². The molecule has 100 valence electrons. The highest BCUT2D eigenvalue weighted by molar-refractivity contribution is 5.16. The smallest absolute Gasteiger partial charge is 0.128 e. The van der Waals surface area contributed by atoms with Crippen molar-refractivity contribution in [3.63, 3.8) is 0 Å². The summed E-state index contributed by atoms with van der Waals surface area (Å²) in [6, 6.07) is 6.55. The Kier molecular flexibility index (Phi) is 5.11. The van der Waals surface area contributed by atoms with Gasteiger partial charge in [0.05, 0.1) is 19.3 Å². The molecule has 1 aromatic rings. The van der Waals surface area contributed by atoms with E-state index in [1.165, 1.54) is 18.9 Å². The van der Waals surface area contributed by atoms with E-state index < -0.39 is 6.10 Å². The number of hydrogen-bond donors (Lipinski definition) is 1. The summed E-state index contributed by atoms with van der Waals surface area (Å²) in [5, 5.41) is 9.80. The molecule has 1 aromatic carbocycles. The average Bonchev–Trinajstić information content (AvgIpc) is 2.84. The van der Waals surface area contributed by atoms with Gasteiger partial charge in [-0.2, -0.15) is 0 Å². The van der Waals surface area contributed by atoms with Gasteiger partial charge in [-0.3, -0.25) is 0 Å². The maximum atomic E-state index is 13.3. The monoisotopic (exact) mass is 253 g/mol. The molecule has 3 nitrogen and oxygen atoms in total. The van der Waals surface area contributed by atoms with E-state index in [9.17, 15) is 9.50 Å². The van der Waals surface area contributed by atoms with E-state index in [-0.39, 0.29) is 19.0 Å². The van der Waals surface area contributed by atoms with Gasteiger partial charge in [-0.05, 0) is 32.0 Å². The summed E-state index contributed by atoms with van der Waals surface area (Å²) in [6.45, 7) is 3.24. The number of halogens is 1. The quantitative estimate of drug-likeness (QED) is 0.839. The lowest BCUT2D eigenvalue weighted by atomic mass is 10.2. The van der Waals surface area contributed by atoms with Crippen molar-refractivity contribution < 1.29 is 14.2 Å². The third kappa shape index (κ3) is 4.05. The first kappa shape index (κ1) is 13.5. The Hall–Kier alpha value is -0.970. The van der Waals surface area contributed by atoms with Crippen LogP contribution in [0, 0.1) is 5.82 Å². The first-order valence-electron chi connectivity index (χ1n) is 6.47. The third-order valence-corrected chi connectivity index (χ3v) is 3.19. The Morgan fingerprint density at radius 1 is 1.28 bits per heavy atom. The van der Waals surface area contributed by atoms with Crippen molar-refractivity contribution in [3.8, 4) is 0 Å². The minimum Gasteiger partial charge on any atom is -0.389 e. The molecular weight excluding hydrogens is 233 g/mol. The lowest BCUT2D eigenvalue weighted by molar-refractivity contribution is 0.0126. The van der Waals surface area contributed by atoms with Gasteiger partial charge in [-0.1, -0.05) is 18.2 Å². The SMILES string of the molecule is OC(COCc1ccccc1F)CN1CCCC1. The fraction of sp³-hybridized carbons (Fsp3) is 0.571. The summed E-state index contributed by atoms with van der Waals surface area (Å²) in [7, 11) is 0. The van der Waals surface area contributed by atoms with Gasteiger partial charge in [0.15, 0.2) is 0 Å². The molecule has 0 aromatic heterocycles. The van der Waals surface area contributed by atoms with Crippen molar-refractivity contribution in [1.29, 1.82) is 0 Å². The molecule has 0 bridgehead atoms. The Balaban J connectivity index is 1.67. The van der Waals surface area contributed by atoms with E-state index >= 15 is 0 Å². The second-order valence-electron chi connectivity index (χ2n) is 4.77. The molecule has 1 aliphatic heterocycles. The average molecular weight is 253 g/mol. The van der Waals surface area contributed by atoms with Crippen molar-refractivity contribution in [2.75, 3.05) is 26.2 Å². The molecule has 0 saturated carbocycles. The zero-order chi connectivity index (χ0) is 12.8. The van der Waals surface area contributed by atoms with Crippen LogP contribution in [0.25, 0.3) is 0 Å². The van der Waals surface area contributed by atoms with E-state index in [1.54, 1.807) is 18.2 Å². The molecule has 18 heavy (non-hydrogen) atoms. The van der Waals surface area contributed by atoms with Gasteiger partial charge in [-0.15, -0.1) is 0 Å². The number of β-amino-alcohol motifs (C(OH)–C–C–N with tert-alkyl or cyclic N) is 1. The van der Waals surface area contributed by atoms with E-state index in [2.05, 4.69) is 4.90 Å². The number of aliphatic hydroxyl groups is 1. The molecule has 1 unspecified atom stereocenters. The first-order chi connectivity index (χ1) is 8.75. The molecule has 0 aliphatic carbocycles. The Bertz CT molecular complexity index is 367. The van der Waals surface area contributed by atoms with Crippen LogP contribution in [0.3, 0.4) is 0 Å². The summed E-state index contributed by atoms with van der Waals surface area (Å²) in [4.78, 5) is 2.23. The van der Waals surface area contributed by atoms with Crippen molar-refractivity contribution in [2.24, 2.45) is 0 Å². The third-order valence-electron chi connectivity index (χ3n) is 3.19. The van der Waals surface area contributed by atoms with Crippen molar-refractivity contribution >= 4 is 0 Å². The molecular formula is C14H20FNO2. The maximum absolute atomic E-state index is 13.3. The van der Waals surface area contributed by atoms with Crippen molar-refractivity contribution in [3.05, 3.63) is 35.6 Å². The predicted molar refractivity (Wildman–Crippen MR) is 67.7 cm³/mol. The van der Waals surface area contributed by atoms with Gasteiger partial charge in [0.25, 0.3) is 0 Å². The largest absolute Gasteiger partial charge is 0.389 e. The molecule has 0 amide bonds. The molecule has 1 fully saturated rings. The Morgan fingerprint density at radius 3 is 2.72 bits per heavy atom. The summed E-state index contributed by atoms with van der Waals surface area (Å²) in [6.07, 6.45) is 1.93. The summed E-state index contributed by atoms with van der Waals surface area (Å²) in [5.41, 5.74) is 0.533. The van der Waals surface area contributed by atoms with Crippen LogP contribution < -0.4 is 0 Å². The van der Waals surface area contributed by atoms with E-state index in [1.807, 2.05) is 0 Å². The molecule has 2 rings (SSSR count). The van der Waals surface area contributed by atoms with Gasteiger partial charge in [0.1, 0.15) is 5.82 Å². The van der Waals surface area contributed by atoms with Crippen LogP contribution in [0.5, 0.6) is 0 Å². The second-order valence-corrected chi connectivity index (χ2v) is 4.77. The standard InChI is InChI=1S/C14H20FNO2/c15-14-6-2-1-5-12(14)10-18-11-13(17)9-16-7-3-4-8-16/h1-2,5-6,13,17H,3-4,7-11H2. The van der Waals surface area contributed by atoms with Gasteiger partial charge in [0.2, 0.25) is 0 Å². The highest BCUT2D eigenvalue weighted by Gasteiger charge is 2.15. The van der Waals surface area contributed by atoms with Crippen LogP contribution in [-0.4, -0.2) is 42.4 Å². The predicted octanol–water partition coefficient (Wildman–Crippen LogP) is 1.80. The minimum atomic E-state index is -0.491. The molecule has 1 aliphatic rings. The molecule has 0 radical (unpaired) electrons. The zero-order valence-electron chi connectivity index (χ0n) is 10.5. The van der Waals surface area contributed by atoms with Gasteiger partial charge in [0, 0.05) is 12.1 Å². The zero-order valence-corrected chi connectivity index (χ0v) is 10.5. The van der Waals surface area contributed by atoms with Gasteiger partial charge < -0.3 is 14.7 Å². The highest BCUT2D eigenvalue weighted by atomic mass is 19.1. The van der Waals surface area contributed by atoms with Gasteiger partial charge in [-0.25, -0.2) is 4.39 Å². The van der Waals surface area contributed by atoms with Crippen LogP contribution in [-0.2, 0) is 11.3 Å². The molecule has 0 spiro atoms. The normalized spacial score (nSPS) is 18.1. The number of aliphatic hydroxyl groups excluding tert-OH is 1. The summed E-state index contributed by atoms with van der Waals surface area (Å²) >= 11 is 0. The molecule has 1 heterocycles. The number of likely N-dealkylation sites (tertiary alicyclic amines) is 1. The first-order valence-corrected chi connectivity index (χ1v) is 6.47. The fourth-order valence-electron chi connectivity index (χ4n) is 2.24. The van der Waals surface area contributed by atoms with Crippen LogP contribution in [0.4, 0.5) is 4.39 Å². The minimum absolute atomic E-state index is 0.212. The number of rotatable bonds is 6. The van der Waals surface area contributed by atoms with Gasteiger partial charge >= 0.3 is 0 Å². The highest BCUT2D eigenvalue weighted by Crippen LogP contribution is 2.10. The molecule has 1 N–H and O–H groups in total. The summed E-state index contributed by atoms with van der Waals surface area (Å²) in [5.74, 6) is -0.258. The number of hydrogen-bond acceptors (Lipinski definition) is 3. The topological polar surface area (TPSA) is 32.7 Å². The van der Waals surface area contributed by atoms with Crippen molar-refractivity contribution in [1.82, 2.24) is 4.90 Å². The van der Waals surface area contributed by atoms with Crippen molar-refractivity contribution in [2.45, 2.75) is 25.6 Å². The van der Waals surface area contributed by atoms with Crippen LogP contribution in [0.1, 0.15) is 18.4 Å². The van der Waals surface area contributed by atoms with Crippen LogP contribution in [0.15, 0.2) is 24.3 Å². The maximum Gasteiger partial charge on any atom is 0.128 e. The van der Waals surface area contributed by atoms with Crippen LogP contribution >= 0.6 is 0 Å². The number of benzene rings is 1. The van der Waals surface area contributed by atoms with E-state index in [4.69, 9.17) is 4.74 Å². The second kappa shape index (κ2) is 6.83. The lowest BCUT2D eigenvalue weighted by Gasteiger charge is -2.19. The molecule has 4 heteroatoms. The van der Waals surface area contributed by atoms with E-state index in [0.29, 0.717) is 12.1 Å².